The van der Waals surface area contributed by atoms with Gasteiger partial charge >= 0.3 is 6.18 Å². The third-order valence-electron chi connectivity index (χ3n) is 2.45. The van der Waals surface area contributed by atoms with Gasteiger partial charge in [-0.05, 0) is 24.3 Å². The van der Waals surface area contributed by atoms with Crippen LogP contribution >= 0.6 is 0 Å². The molecule has 1 aromatic carbocycles. The van der Waals surface area contributed by atoms with E-state index < -0.39 is 11.7 Å². The standard InChI is InChI=1S/C13H12F3N3O2/c1-20-7-11-18-10(17)6-12(19-11)21-9-4-2-8(3-5-9)13(14,15)16/h2-6H,7H2,1H3,(H2,17,18,19). The first kappa shape index (κ1) is 15.0. The van der Waals surface area contributed by atoms with Gasteiger partial charge in [-0.15, -0.1) is 0 Å². The fourth-order valence-electron chi connectivity index (χ4n) is 1.57. The monoisotopic (exact) mass is 299 g/mol. The number of hydrogen-bond donors (Lipinski definition) is 1. The largest absolute Gasteiger partial charge is 0.439 e. The van der Waals surface area contributed by atoms with Crippen molar-refractivity contribution in [3.8, 4) is 11.6 Å². The second kappa shape index (κ2) is 5.96. The number of anilines is 1. The molecule has 0 saturated carbocycles. The molecule has 1 aromatic heterocycles. The summed E-state index contributed by atoms with van der Waals surface area (Å²) in [7, 11) is 1.48. The number of benzene rings is 1. The SMILES string of the molecule is COCc1nc(N)cc(Oc2ccc(C(F)(F)F)cc2)n1. The summed E-state index contributed by atoms with van der Waals surface area (Å²) < 4.78 is 47.6. The first-order chi connectivity index (χ1) is 9.88. The number of hydrogen-bond acceptors (Lipinski definition) is 5. The summed E-state index contributed by atoms with van der Waals surface area (Å²) in [5.74, 6) is 0.845. The Morgan fingerprint density at radius 1 is 1.14 bits per heavy atom. The van der Waals surface area contributed by atoms with Crippen LogP contribution in [0.25, 0.3) is 0 Å². The lowest BCUT2D eigenvalue weighted by atomic mass is 10.2. The van der Waals surface area contributed by atoms with Gasteiger partial charge < -0.3 is 15.2 Å². The summed E-state index contributed by atoms with van der Waals surface area (Å²) in [4.78, 5) is 7.95. The molecular weight excluding hydrogens is 287 g/mol. The molecule has 2 rings (SSSR count). The molecule has 0 aliphatic rings. The lowest BCUT2D eigenvalue weighted by Gasteiger charge is -2.09. The maximum atomic E-state index is 12.4. The van der Waals surface area contributed by atoms with E-state index in [-0.39, 0.29) is 24.1 Å². The Morgan fingerprint density at radius 2 is 1.81 bits per heavy atom. The Balaban J connectivity index is 2.18. The highest BCUT2D eigenvalue weighted by Crippen LogP contribution is 2.31. The van der Waals surface area contributed by atoms with Crippen LogP contribution in [0.4, 0.5) is 19.0 Å². The minimum atomic E-state index is -4.39. The van der Waals surface area contributed by atoms with Crippen molar-refractivity contribution in [3.63, 3.8) is 0 Å². The smallest absolute Gasteiger partial charge is 0.416 e. The molecule has 2 aromatic rings. The number of nitrogen functional groups attached to an aromatic ring is 1. The summed E-state index contributed by atoms with van der Waals surface area (Å²) in [6.45, 7) is 0.147. The van der Waals surface area contributed by atoms with Gasteiger partial charge in [0.25, 0.3) is 0 Å². The minimum absolute atomic E-state index is 0.134. The van der Waals surface area contributed by atoms with E-state index in [4.69, 9.17) is 15.2 Å². The first-order valence-corrected chi connectivity index (χ1v) is 5.86. The molecular formula is C13H12F3N3O2. The van der Waals surface area contributed by atoms with E-state index in [1.165, 1.54) is 25.3 Å². The van der Waals surface area contributed by atoms with E-state index in [9.17, 15) is 13.2 Å². The van der Waals surface area contributed by atoms with Crippen LogP contribution in [-0.2, 0) is 17.5 Å². The molecule has 0 aliphatic heterocycles. The first-order valence-electron chi connectivity index (χ1n) is 5.86. The van der Waals surface area contributed by atoms with E-state index in [0.717, 1.165) is 12.1 Å². The van der Waals surface area contributed by atoms with E-state index in [1.54, 1.807) is 0 Å². The average molecular weight is 299 g/mol. The Hall–Kier alpha value is -2.35. The number of methoxy groups -OCH3 is 1. The van der Waals surface area contributed by atoms with Crippen molar-refractivity contribution < 1.29 is 22.6 Å². The highest BCUT2D eigenvalue weighted by atomic mass is 19.4. The zero-order chi connectivity index (χ0) is 15.5. The summed E-state index contributed by atoms with van der Waals surface area (Å²) in [6, 6.07) is 5.64. The number of nitrogens with zero attached hydrogens (tertiary/aromatic N) is 2. The van der Waals surface area contributed by atoms with Crippen molar-refractivity contribution in [1.29, 1.82) is 0 Å². The van der Waals surface area contributed by atoms with Crippen molar-refractivity contribution in [1.82, 2.24) is 9.97 Å². The molecule has 2 N–H and O–H groups in total. The van der Waals surface area contributed by atoms with Crippen molar-refractivity contribution in [3.05, 3.63) is 41.7 Å². The average Bonchev–Trinajstić information content (AvgIpc) is 2.38. The van der Waals surface area contributed by atoms with Crippen LogP contribution in [0.1, 0.15) is 11.4 Å². The van der Waals surface area contributed by atoms with Gasteiger partial charge in [-0.25, -0.2) is 4.98 Å². The van der Waals surface area contributed by atoms with Crippen LogP contribution in [0.2, 0.25) is 0 Å². The maximum absolute atomic E-state index is 12.4. The van der Waals surface area contributed by atoms with Gasteiger partial charge in [0.05, 0.1) is 5.56 Å². The number of rotatable bonds is 4. The van der Waals surface area contributed by atoms with Gasteiger partial charge in [-0.2, -0.15) is 18.2 Å². The Labute approximate surface area is 118 Å². The molecule has 0 aliphatic carbocycles. The van der Waals surface area contributed by atoms with Crippen molar-refractivity contribution in [2.24, 2.45) is 0 Å². The fraction of sp³-hybridized carbons (Fsp3) is 0.231. The van der Waals surface area contributed by atoms with Gasteiger partial charge in [0.15, 0.2) is 5.82 Å². The quantitative estimate of drug-likeness (QED) is 0.939. The van der Waals surface area contributed by atoms with Gasteiger partial charge in [-0.1, -0.05) is 0 Å². The van der Waals surface area contributed by atoms with Crippen LogP contribution in [0, 0.1) is 0 Å². The number of aromatic nitrogens is 2. The Bertz CT molecular complexity index is 615. The lowest BCUT2D eigenvalue weighted by molar-refractivity contribution is -0.137. The molecule has 0 spiro atoms. The lowest BCUT2D eigenvalue weighted by Crippen LogP contribution is -2.04. The van der Waals surface area contributed by atoms with Crippen LogP contribution in [0.3, 0.4) is 0 Å². The minimum Gasteiger partial charge on any atom is -0.439 e. The second-order valence-electron chi connectivity index (χ2n) is 4.10. The zero-order valence-corrected chi connectivity index (χ0v) is 11.0. The Morgan fingerprint density at radius 3 is 2.38 bits per heavy atom. The predicted octanol–water partition coefficient (Wildman–Crippen LogP) is 3.02. The van der Waals surface area contributed by atoms with Gasteiger partial charge in [0.1, 0.15) is 18.2 Å². The van der Waals surface area contributed by atoms with E-state index in [1.807, 2.05) is 0 Å². The van der Waals surface area contributed by atoms with Gasteiger partial charge in [0, 0.05) is 13.2 Å². The maximum Gasteiger partial charge on any atom is 0.416 e. The molecule has 0 radical (unpaired) electrons. The van der Waals surface area contributed by atoms with Crippen LogP contribution in [0.5, 0.6) is 11.6 Å². The molecule has 1 heterocycles. The van der Waals surface area contributed by atoms with Crippen LogP contribution in [-0.4, -0.2) is 17.1 Å². The number of halogens is 3. The molecule has 112 valence electrons. The normalized spacial score (nSPS) is 11.4. The highest BCUT2D eigenvalue weighted by Gasteiger charge is 2.30. The fourth-order valence-corrected chi connectivity index (χ4v) is 1.57. The number of alkyl halides is 3. The topological polar surface area (TPSA) is 70.3 Å². The molecule has 5 nitrogen and oxygen atoms in total. The van der Waals surface area contributed by atoms with E-state index >= 15 is 0 Å². The van der Waals surface area contributed by atoms with Crippen molar-refractivity contribution >= 4 is 5.82 Å². The molecule has 21 heavy (non-hydrogen) atoms. The third-order valence-corrected chi connectivity index (χ3v) is 2.45. The molecule has 0 bridgehead atoms. The van der Waals surface area contributed by atoms with Crippen molar-refractivity contribution in [2.45, 2.75) is 12.8 Å². The number of ether oxygens (including phenoxy) is 2. The molecule has 8 heteroatoms. The molecule has 0 fully saturated rings. The molecule has 0 saturated heterocycles. The Kier molecular flexibility index (Phi) is 4.27. The van der Waals surface area contributed by atoms with E-state index in [0.29, 0.717) is 5.82 Å². The zero-order valence-electron chi connectivity index (χ0n) is 11.0. The highest BCUT2D eigenvalue weighted by molar-refractivity contribution is 5.36. The third kappa shape index (κ3) is 4.06. The number of nitrogens with two attached hydrogens (primary N) is 1. The van der Waals surface area contributed by atoms with Crippen LogP contribution in [0.15, 0.2) is 30.3 Å². The van der Waals surface area contributed by atoms with Gasteiger partial charge in [0.2, 0.25) is 5.88 Å². The van der Waals surface area contributed by atoms with Crippen LogP contribution < -0.4 is 10.5 Å². The van der Waals surface area contributed by atoms with Crippen molar-refractivity contribution in [2.75, 3.05) is 12.8 Å². The summed E-state index contributed by atoms with van der Waals surface area (Å²) in [5, 5.41) is 0. The van der Waals surface area contributed by atoms with E-state index in [2.05, 4.69) is 9.97 Å². The predicted molar refractivity (Wildman–Crippen MR) is 68.7 cm³/mol. The summed E-state index contributed by atoms with van der Waals surface area (Å²) in [5.41, 5.74) is 4.84. The summed E-state index contributed by atoms with van der Waals surface area (Å²) >= 11 is 0. The van der Waals surface area contributed by atoms with Gasteiger partial charge in [-0.3, -0.25) is 0 Å². The summed E-state index contributed by atoms with van der Waals surface area (Å²) in [6.07, 6.45) is -4.39. The molecule has 0 amide bonds. The second-order valence-corrected chi connectivity index (χ2v) is 4.10. The molecule has 0 atom stereocenters. The molecule has 0 unspecified atom stereocenters.